The van der Waals surface area contributed by atoms with Crippen LogP contribution in [0.25, 0.3) is 0 Å². The summed E-state index contributed by atoms with van der Waals surface area (Å²) < 4.78 is 13.3. The molecule has 7 atom stereocenters. The lowest BCUT2D eigenvalue weighted by Crippen LogP contribution is -2.57. The van der Waals surface area contributed by atoms with Crippen LogP contribution in [-0.4, -0.2) is 69.8 Å². The predicted molar refractivity (Wildman–Crippen MR) is 111 cm³/mol. The van der Waals surface area contributed by atoms with Crippen LogP contribution in [0, 0.1) is 23.1 Å². The predicted octanol–water partition coefficient (Wildman–Crippen LogP) is 1.40. The monoisotopic (exact) mass is 425 g/mol. The van der Waals surface area contributed by atoms with Crippen molar-refractivity contribution in [3.63, 3.8) is 0 Å². The number of carbonyl (C=O) groups is 2. The van der Waals surface area contributed by atoms with E-state index in [-0.39, 0.29) is 47.8 Å². The van der Waals surface area contributed by atoms with Gasteiger partial charge in [-0.05, 0) is 49.3 Å². The van der Waals surface area contributed by atoms with Crippen LogP contribution in [-0.2, 0) is 9.59 Å². The topological polar surface area (TPSA) is 93.7 Å². The average Bonchev–Trinajstić information content (AvgIpc) is 3.10. The Kier molecular flexibility index (Phi) is 4.98. The van der Waals surface area contributed by atoms with Gasteiger partial charge in [0.15, 0.2) is 0 Å². The Bertz CT molecular complexity index is 931. The molecule has 2 N–H and O–H groups in total. The van der Waals surface area contributed by atoms with Gasteiger partial charge >= 0.3 is 0 Å². The molecule has 7 nitrogen and oxygen atoms in total. The van der Waals surface area contributed by atoms with E-state index in [4.69, 9.17) is 5.73 Å². The van der Waals surface area contributed by atoms with Gasteiger partial charge in [-0.2, -0.15) is 5.26 Å². The van der Waals surface area contributed by atoms with Crippen LogP contribution in [0.4, 0.5) is 4.39 Å². The summed E-state index contributed by atoms with van der Waals surface area (Å²) in [6.07, 6.45) is 3.21. The van der Waals surface area contributed by atoms with Crippen molar-refractivity contribution in [1.82, 2.24) is 14.7 Å². The van der Waals surface area contributed by atoms with Crippen molar-refractivity contribution in [1.29, 1.82) is 5.26 Å². The molecule has 3 saturated heterocycles. The van der Waals surface area contributed by atoms with Crippen LogP contribution < -0.4 is 5.73 Å². The first-order valence-electron chi connectivity index (χ1n) is 11.2. The zero-order chi connectivity index (χ0) is 21.9. The number of amides is 2. The molecule has 0 radical (unpaired) electrons. The van der Waals surface area contributed by atoms with Crippen LogP contribution in [0.1, 0.15) is 44.2 Å². The van der Waals surface area contributed by atoms with E-state index in [1.807, 2.05) is 16.7 Å². The molecule has 1 saturated carbocycles. The Morgan fingerprint density at radius 3 is 2.68 bits per heavy atom. The number of rotatable bonds is 6. The number of carbonyl (C=O) groups excluding carboxylic acids is 2. The molecular formula is C23H28FN5O2. The van der Waals surface area contributed by atoms with E-state index in [1.165, 1.54) is 12.1 Å². The SMILES string of the molecule is CC[C@@H](c1ccc(F)cc1)N1C(=O)[C@@H]2CC1CN2C[C@H](N)C(=O)N1[C@H](C#N)C[C@@H]2C[C@@H]21. The zero-order valence-electron chi connectivity index (χ0n) is 17.7. The van der Waals surface area contributed by atoms with E-state index in [1.54, 1.807) is 17.0 Å². The number of fused-ring (bicyclic) bond motifs is 3. The molecule has 4 aliphatic rings. The number of piperazine rings is 1. The Morgan fingerprint density at radius 1 is 1.29 bits per heavy atom. The van der Waals surface area contributed by atoms with E-state index in [2.05, 4.69) is 6.07 Å². The normalized spacial score (nSPS) is 33.4. The fraction of sp³-hybridized carbons (Fsp3) is 0.609. The van der Waals surface area contributed by atoms with Gasteiger partial charge in [-0.15, -0.1) is 0 Å². The lowest BCUT2D eigenvalue weighted by Gasteiger charge is -2.39. The average molecular weight is 426 g/mol. The third-order valence-electron chi connectivity index (χ3n) is 7.55. The molecule has 0 aromatic heterocycles. The molecule has 164 valence electrons. The van der Waals surface area contributed by atoms with Gasteiger partial charge in [0, 0.05) is 25.2 Å². The van der Waals surface area contributed by atoms with Crippen molar-refractivity contribution in [2.24, 2.45) is 11.7 Å². The van der Waals surface area contributed by atoms with Crippen molar-refractivity contribution in [2.45, 2.75) is 68.9 Å². The lowest BCUT2D eigenvalue weighted by atomic mass is 10.0. The number of nitrogens with two attached hydrogens (primary N) is 1. The first kappa shape index (κ1) is 20.4. The highest BCUT2D eigenvalue weighted by Crippen LogP contribution is 2.48. The van der Waals surface area contributed by atoms with Crippen LogP contribution in [0.3, 0.4) is 0 Å². The number of hydrogen-bond donors (Lipinski definition) is 1. The van der Waals surface area contributed by atoms with Crippen LogP contribution >= 0.6 is 0 Å². The van der Waals surface area contributed by atoms with Crippen LogP contribution in [0.5, 0.6) is 0 Å². The number of hydrogen-bond acceptors (Lipinski definition) is 5. The molecule has 3 aliphatic heterocycles. The molecule has 8 heteroatoms. The Morgan fingerprint density at radius 2 is 2.03 bits per heavy atom. The second kappa shape index (κ2) is 7.57. The molecule has 1 aromatic rings. The number of benzene rings is 1. The minimum atomic E-state index is -0.727. The summed E-state index contributed by atoms with van der Waals surface area (Å²) in [5, 5.41) is 9.36. The summed E-state index contributed by atoms with van der Waals surface area (Å²) in [6.45, 7) is 3.05. The van der Waals surface area contributed by atoms with Crippen LogP contribution in [0.2, 0.25) is 0 Å². The molecular weight excluding hydrogens is 397 g/mol. The van der Waals surface area contributed by atoms with Crippen molar-refractivity contribution < 1.29 is 14.0 Å². The summed E-state index contributed by atoms with van der Waals surface area (Å²) in [5.74, 6) is 0.0646. The fourth-order valence-corrected chi connectivity index (χ4v) is 5.99. The summed E-state index contributed by atoms with van der Waals surface area (Å²) in [5.41, 5.74) is 7.22. The smallest absolute Gasteiger partial charge is 0.242 e. The summed E-state index contributed by atoms with van der Waals surface area (Å²) >= 11 is 0. The van der Waals surface area contributed by atoms with Gasteiger partial charge in [-0.25, -0.2) is 4.39 Å². The lowest BCUT2D eigenvalue weighted by molar-refractivity contribution is -0.141. The van der Waals surface area contributed by atoms with E-state index in [0.717, 1.165) is 31.2 Å². The maximum atomic E-state index is 13.3. The largest absolute Gasteiger partial charge is 0.330 e. The molecule has 1 aromatic carbocycles. The van der Waals surface area contributed by atoms with Crippen molar-refractivity contribution in [3.8, 4) is 6.07 Å². The zero-order valence-corrected chi connectivity index (χ0v) is 17.7. The van der Waals surface area contributed by atoms with Crippen molar-refractivity contribution in [2.75, 3.05) is 13.1 Å². The van der Waals surface area contributed by atoms with Gasteiger partial charge in [0.2, 0.25) is 11.8 Å². The highest BCUT2D eigenvalue weighted by molar-refractivity contribution is 5.87. The van der Waals surface area contributed by atoms with Gasteiger partial charge < -0.3 is 15.5 Å². The number of halogens is 1. The molecule has 31 heavy (non-hydrogen) atoms. The van der Waals surface area contributed by atoms with E-state index in [9.17, 15) is 19.2 Å². The Balaban J connectivity index is 1.25. The number of nitriles is 1. The Labute approximate surface area is 181 Å². The molecule has 3 heterocycles. The summed E-state index contributed by atoms with van der Waals surface area (Å²) in [7, 11) is 0. The quantitative estimate of drug-likeness (QED) is 0.744. The number of nitrogens with zero attached hydrogens (tertiary/aromatic N) is 4. The van der Waals surface area contributed by atoms with Crippen molar-refractivity contribution >= 4 is 11.8 Å². The molecule has 1 aliphatic carbocycles. The first-order chi connectivity index (χ1) is 14.9. The second-order valence-corrected chi connectivity index (χ2v) is 9.38. The molecule has 4 fully saturated rings. The molecule has 1 unspecified atom stereocenters. The molecule has 0 spiro atoms. The fourth-order valence-electron chi connectivity index (χ4n) is 5.99. The minimum Gasteiger partial charge on any atom is -0.330 e. The molecule has 5 rings (SSSR count). The third kappa shape index (κ3) is 3.31. The first-order valence-corrected chi connectivity index (χ1v) is 11.2. The van der Waals surface area contributed by atoms with Gasteiger partial charge in [0.1, 0.15) is 11.9 Å². The molecule has 2 amide bonds. The van der Waals surface area contributed by atoms with Gasteiger partial charge in [0.05, 0.1) is 24.2 Å². The van der Waals surface area contributed by atoms with Gasteiger partial charge in [0.25, 0.3) is 0 Å². The van der Waals surface area contributed by atoms with Crippen molar-refractivity contribution in [3.05, 3.63) is 35.6 Å². The summed E-state index contributed by atoms with van der Waals surface area (Å²) in [6, 6.07) is 7.42. The maximum absolute atomic E-state index is 13.3. The maximum Gasteiger partial charge on any atom is 0.242 e. The van der Waals surface area contributed by atoms with Gasteiger partial charge in [-0.3, -0.25) is 14.5 Å². The minimum absolute atomic E-state index is 0.0606. The van der Waals surface area contributed by atoms with E-state index >= 15 is 0 Å². The number of piperidine rings is 1. The van der Waals surface area contributed by atoms with Gasteiger partial charge in [-0.1, -0.05) is 19.1 Å². The van der Waals surface area contributed by atoms with E-state index < -0.39 is 6.04 Å². The third-order valence-corrected chi connectivity index (χ3v) is 7.55. The van der Waals surface area contributed by atoms with Crippen LogP contribution in [0.15, 0.2) is 24.3 Å². The second-order valence-electron chi connectivity index (χ2n) is 9.38. The van der Waals surface area contributed by atoms with E-state index in [0.29, 0.717) is 19.0 Å². The highest BCUT2D eigenvalue weighted by Gasteiger charge is 2.56. The highest BCUT2D eigenvalue weighted by atomic mass is 19.1. The molecule has 2 bridgehead atoms. The number of likely N-dealkylation sites (tertiary alicyclic amines) is 3. The Hall–Kier alpha value is -2.50. The standard InChI is InChI=1S/C23H28FN5O2/c1-2-19(13-3-5-15(24)6-4-13)29-17-9-21(23(29)31)27(11-17)12-18(26)22(30)28-16(10-25)7-14-8-20(14)28/h3-6,14,16-21H,2,7-9,11-12,26H2,1H3/t14-,16+,17?,18+,19+,20+,21+/m1/s1. The summed E-state index contributed by atoms with van der Waals surface area (Å²) in [4.78, 5) is 31.8.